The zero-order valence-electron chi connectivity index (χ0n) is 10.4. The minimum absolute atomic E-state index is 0.574. The van der Waals surface area contributed by atoms with Crippen LogP contribution in [-0.4, -0.2) is 0 Å². The highest BCUT2D eigenvalue weighted by molar-refractivity contribution is 7.17. The molecule has 0 radical (unpaired) electrons. The number of nitrogens with two attached hydrogens (primary N) is 1. The predicted octanol–water partition coefficient (Wildman–Crippen LogP) is 5.19. The van der Waals surface area contributed by atoms with Crippen LogP contribution in [0.1, 0.15) is 5.56 Å². The Morgan fingerprint density at radius 1 is 1.16 bits per heavy atom. The van der Waals surface area contributed by atoms with Gasteiger partial charge in [-0.05, 0) is 59.7 Å². The molecular weight excluding hydrogens is 276 g/mol. The zero-order valence-corrected chi connectivity index (χ0v) is 12.0. The molecule has 0 bridgehead atoms. The van der Waals surface area contributed by atoms with E-state index < -0.39 is 0 Å². The van der Waals surface area contributed by atoms with Crippen LogP contribution in [0.5, 0.6) is 0 Å². The Hall–Kier alpha value is -1.71. The van der Waals surface area contributed by atoms with Gasteiger partial charge in [0.2, 0.25) is 0 Å². The Bertz CT molecular complexity index is 749. The average molecular weight is 289 g/mol. The first-order valence-electron chi connectivity index (χ1n) is 5.93. The number of thiophene rings is 1. The Morgan fingerprint density at radius 2 is 2.00 bits per heavy atom. The second-order valence-electron chi connectivity index (χ2n) is 4.49. The van der Waals surface area contributed by atoms with Crippen molar-refractivity contribution >= 4 is 50.1 Å². The maximum Gasteiger partial charge on any atom is 0.0656 e. The van der Waals surface area contributed by atoms with Gasteiger partial charge in [-0.3, -0.25) is 0 Å². The lowest BCUT2D eigenvalue weighted by molar-refractivity contribution is 1.44. The number of benzene rings is 2. The third kappa shape index (κ3) is 2.39. The molecule has 3 aromatic rings. The first-order valence-corrected chi connectivity index (χ1v) is 7.19. The SMILES string of the molecule is Cc1cc(N)c(Cl)cc1Nc1ccc2sccc2c1. The number of aryl methyl sites for hydroxylation is 1. The van der Waals surface area contributed by atoms with Gasteiger partial charge in [-0.15, -0.1) is 11.3 Å². The maximum absolute atomic E-state index is 6.07. The predicted molar refractivity (Wildman–Crippen MR) is 85.7 cm³/mol. The number of anilines is 3. The molecule has 0 saturated heterocycles. The van der Waals surface area contributed by atoms with E-state index in [1.165, 1.54) is 10.1 Å². The van der Waals surface area contributed by atoms with Crippen molar-refractivity contribution < 1.29 is 0 Å². The lowest BCUT2D eigenvalue weighted by atomic mass is 10.1. The summed E-state index contributed by atoms with van der Waals surface area (Å²) in [7, 11) is 0. The van der Waals surface area contributed by atoms with Crippen molar-refractivity contribution in [3.63, 3.8) is 0 Å². The highest BCUT2D eigenvalue weighted by Crippen LogP contribution is 2.30. The van der Waals surface area contributed by atoms with Gasteiger partial charge in [0.15, 0.2) is 0 Å². The number of hydrogen-bond donors (Lipinski definition) is 2. The summed E-state index contributed by atoms with van der Waals surface area (Å²) >= 11 is 7.81. The van der Waals surface area contributed by atoms with Crippen LogP contribution in [0.2, 0.25) is 5.02 Å². The van der Waals surface area contributed by atoms with Crippen LogP contribution in [0.3, 0.4) is 0 Å². The van der Waals surface area contributed by atoms with Crippen molar-refractivity contribution in [1.29, 1.82) is 0 Å². The van der Waals surface area contributed by atoms with Crippen molar-refractivity contribution in [3.05, 3.63) is 52.4 Å². The fourth-order valence-electron chi connectivity index (χ4n) is 2.04. The van der Waals surface area contributed by atoms with Crippen molar-refractivity contribution in [1.82, 2.24) is 0 Å². The second-order valence-corrected chi connectivity index (χ2v) is 5.84. The molecule has 0 unspecified atom stereocenters. The van der Waals surface area contributed by atoms with E-state index in [9.17, 15) is 0 Å². The fraction of sp³-hybridized carbons (Fsp3) is 0.0667. The van der Waals surface area contributed by atoms with Crippen LogP contribution < -0.4 is 11.1 Å². The van der Waals surface area contributed by atoms with Gasteiger partial charge in [-0.2, -0.15) is 0 Å². The minimum atomic E-state index is 0.574. The lowest BCUT2D eigenvalue weighted by Crippen LogP contribution is -1.95. The van der Waals surface area contributed by atoms with Crippen molar-refractivity contribution in [2.75, 3.05) is 11.1 Å². The molecule has 2 nitrogen and oxygen atoms in total. The van der Waals surface area contributed by atoms with E-state index >= 15 is 0 Å². The summed E-state index contributed by atoms with van der Waals surface area (Å²) in [6.07, 6.45) is 0. The molecule has 19 heavy (non-hydrogen) atoms. The van der Waals surface area contributed by atoms with Gasteiger partial charge >= 0.3 is 0 Å². The van der Waals surface area contributed by atoms with E-state index in [1.807, 2.05) is 19.1 Å². The molecule has 96 valence electrons. The molecule has 0 aliphatic heterocycles. The fourth-order valence-corrected chi connectivity index (χ4v) is 2.97. The topological polar surface area (TPSA) is 38.0 Å². The second kappa shape index (κ2) is 4.76. The van der Waals surface area contributed by atoms with Gasteiger partial charge in [-0.1, -0.05) is 11.6 Å². The van der Waals surface area contributed by atoms with Gasteiger partial charge in [-0.25, -0.2) is 0 Å². The van der Waals surface area contributed by atoms with Gasteiger partial charge in [0, 0.05) is 16.1 Å². The van der Waals surface area contributed by atoms with Crippen LogP contribution in [-0.2, 0) is 0 Å². The Labute approximate surface area is 120 Å². The third-order valence-electron chi connectivity index (χ3n) is 3.08. The zero-order chi connectivity index (χ0) is 13.4. The highest BCUT2D eigenvalue weighted by atomic mass is 35.5. The molecule has 3 rings (SSSR count). The molecular formula is C15H13ClN2S. The maximum atomic E-state index is 6.07. The number of halogens is 1. The van der Waals surface area contributed by atoms with E-state index in [2.05, 4.69) is 35.0 Å². The third-order valence-corrected chi connectivity index (χ3v) is 4.30. The molecule has 0 aliphatic rings. The van der Waals surface area contributed by atoms with E-state index in [0.29, 0.717) is 10.7 Å². The standard InChI is InChI=1S/C15H13ClN2S/c1-9-6-13(17)12(16)8-14(9)18-11-2-3-15-10(7-11)4-5-19-15/h2-8,18H,17H2,1H3. The Kier molecular flexibility index (Phi) is 3.09. The van der Waals surface area contributed by atoms with Crippen molar-refractivity contribution in [2.24, 2.45) is 0 Å². The molecule has 0 aliphatic carbocycles. The summed E-state index contributed by atoms with van der Waals surface area (Å²) in [4.78, 5) is 0. The van der Waals surface area contributed by atoms with Crippen molar-refractivity contribution in [3.8, 4) is 0 Å². The van der Waals surface area contributed by atoms with Gasteiger partial charge < -0.3 is 11.1 Å². The first kappa shape index (κ1) is 12.3. The largest absolute Gasteiger partial charge is 0.398 e. The van der Waals surface area contributed by atoms with Gasteiger partial charge in [0.25, 0.3) is 0 Å². The molecule has 0 fully saturated rings. The first-order chi connectivity index (χ1) is 9.13. The number of hydrogen-bond acceptors (Lipinski definition) is 3. The van der Waals surface area contributed by atoms with Crippen molar-refractivity contribution in [2.45, 2.75) is 6.92 Å². The number of nitrogens with one attached hydrogen (secondary N) is 1. The average Bonchev–Trinajstić information content (AvgIpc) is 2.83. The highest BCUT2D eigenvalue weighted by Gasteiger charge is 2.05. The van der Waals surface area contributed by atoms with Gasteiger partial charge in [0.05, 0.1) is 10.7 Å². The van der Waals surface area contributed by atoms with E-state index in [4.69, 9.17) is 17.3 Å². The molecule has 4 heteroatoms. The summed E-state index contributed by atoms with van der Waals surface area (Å²) in [5.74, 6) is 0. The van der Waals surface area contributed by atoms with Crippen LogP contribution in [0.15, 0.2) is 41.8 Å². The molecule has 2 aromatic carbocycles. The molecule has 0 amide bonds. The van der Waals surface area contributed by atoms with Crippen LogP contribution >= 0.6 is 22.9 Å². The molecule has 1 aromatic heterocycles. The molecule has 0 atom stereocenters. The summed E-state index contributed by atoms with van der Waals surface area (Å²) < 4.78 is 1.29. The van der Waals surface area contributed by atoms with E-state index in [0.717, 1.165) is 16.9 Å². The molecule has 0 spiro atoms. The quantitative estimate of drug-likeness (QED) is 0.637. The molecule has 0 saturated carbocycles. The lowest BCUT2D eigenvalue weighted by Gasteiger charge is -2.11. The molecule has 3 N–H and O–H groups in total. The van der Waals surface area contributed by atoms with Crippen LogP contribution in [0, 0.1) is 6.92 Å². The summed E-state index contributed by atoms with van der Waals surface area (Å²) in [5.41, 5.74) is 9.50. The Morgan fingerprint density at radius 3 is 2.84 bits per heavy atom. The summed E-state index contributed by atoms with van der Waals surface area (Å²) in [5, 5.41) is 7.30. The number of fused-ring (bicyclic) bond motifs is 1. The Balaban J connectivity index is 1.98. The minimum Gasteiger partial charge on any atom is -0.398 e. The van der Waals surface area contributed by atoms with Crippen LogP contribution in [0.25, 0.3) is 10.1 Å². The monoisotopic (exact) mass is 288 g/mol. The summed E-state index contributed by atoms with van der Waals surface area (Å²) in [6, 6.07) is 12.2. The van der Waals surface area contributed by atoms with E-state index in [-0.39, 0.29) is 0 Å². The number of rotatable bonds is 2. The van der Waals surface area contributed by atoms with E-state index in [1.54, 1.807) is 11.3 Å². The summed E-state index contributed by atoms with van der Waals surface area (Å²) in [6.45, 7) is 2.01. The van der Waals surface area contributed by atoms with Crippen LogP contribution in [0.4, 0.5) is 17.1 Å². The number of nitrogen functional groups attached to an aromatic ring is 1. The van der Waals surface area contributed by atoms with Gasteiger partial charge in [0.1, 0.15) is 0 Å². The molecule has 1 heterocycles. The normalized spacial score (nSPS) is 10.8. The smallest absolute Gasteiger partial charge is 0.0656 e.